The van der Waals surface area contributed by atoms with Crippen LogP contribution in [0.1, 0.15) is 48.8 Å². The van der Waals surface area contributed by atoms with E-state index in [-0.39, 0.29) is 5.92 Å². The minimum atomic E-state index is 0.0708. The van der Waals surface area contributed by atoms with E-state index >= 15 is 0 Å². The third-order valence-electron chi connectivity index (χ3n) is 3.32. The van der Waals surface area contributed by atoms with Crippen molar-refractivity contribution in [2.75, 3.05) is 0 Å². The summed E-state index contributed by atoms with van der Waals surface area (Å²) in [7, 11) is 0. The van der Waals surface area contributed by atoms with E-state index in [1.807, 2.05) is 25.1 Å². The van der Waals surface area contributed by atoms with Crippen molar-refractivity contribution < 1.29 is 4.79 Å². The highest BCUT2D eigenvalue weighted by molar-refractivity contribution is 5.86. The Hall–Kier alpha value is -1.62. The molecule has 1 aromatic carbocycles. The lowest BCUT2D eigenvalue weighted by molar-refractivity contribution is -0.120. The molecule has 1 aliphatic rings. The largest absolute Gasteiger partial charge is 0.299 e. The smallest absolute Gasteiger partial charge is 0.140 e. The van der Waals surface area contributed by atoms with Gasteiger partial charge in [-0.15, -0.1) is 0 Å². The minimum Gasteiger partial charge on any atom is -0.299 e. The van der Waals surface area contributed by atoms with E-state index in [9.17, 15) is 4.79 Å². The van der Waals surface area contributed by atoms with Gasteiger partial charge in [-0.05, 0) is 42.5 Å². The van der Waals surface area contributed by atoms with Crippen LogP contribution in [0.2, 0.25) is 0 Å². The van der Waals surface area contributed by atoms with E-state index in [0.717, 1.165) is 24.8 Å². The van der Waals surface area contributed by atoms with Crippen LogP contribution in [0, 0.1) is 11.3 Å². The van der Waals surface area contributed by atoms with Gasteiger partial charge in [0, 0.05) is 12.3 Å². The second kappa shape index (κ2) is 4.49. The van der Waals surface area contributed by atoms with Gasteiger partial charge in [0.2, 0.25) is 0 Å². The normalized spacial score (nSPS) is 18.6. The fraction of sp³-hybridized carbons (Fsp3) is 0.429. The van der Waals surface area contributed by atoms with Gasteiger partial charge < -0.3 is 0 Å². The fourth-order valence-electron chi connectivity index (χ4n) is 2.46. The van der Waals surface area contributed by atoms with Crippen LogP contribution in [0.25, 0.3) is 0 Å². The number of rotatable bonds is 2. The molecule has 2 rings (SSSR count). The molecule has 0 saturated heterocycles. The molecule has 0 radical (unpaired) electrons. The number of fused-ring (bicyclic) bond motifs is 1. The van der Waals surface area contributed by atoms with Gasteiger partial charge >= 0.3 is 0 Å². The zero-order chi connectivity index (χ0) is 11.5. The Balaban J connectivity index is 2.40. The molecule has 0 bridgehead atoms. The molecule has 0 amide bonds. The van der Waals surface area contributed by atoms with E-state index < -0.39 is 0 Å². The molecule has 82 valence electrons. The molecule has 16 heavy (non-hydrogen) atoms. The lowest BCUT2D eigenvalue weighted by Gasteiger charge is -2.24. The molecule has 0 N–H and O–H groups in total. The van der Waals surface area contributed by atoms with Gasteiger partial charge in [-0.25, -0.2) is 0 Å². The SMILES string of the molecule is CCC(=O)C1CCCc2cc(C#N)ccc21. The number of nitriles is 1. The maximum atomic E-state index is 11.8. The second-order valence-corrected chi connectivity index (χ2v) is 4.29. The first-order chi connectivity index (χ1) is 7.76. The van der Waals surface area contributed by atoms with Gasteiger partial charge in [0.25, 0.3) is 0 Å². The van der Waals surface area contributed by atoms with Crippen molar-refractivity contribution in [3.63, 3.8) is 0 Å². The predicted octanol–water partition coefficient (Wildman–Crippen LogP) is 2.96. The van der Waals surface area contributed by atoms with Crippen LogP contribution in [0.4, 0.5) is 0 Å². The number of carbonyl (C=O) groups is 1. The molecule has 0 aliphatic heterocycles. The number of benzene rings is 1. The first kappa shape index (κ1) is 10.9. The summed E-state index contributed by atoms with van der Waals surface area (Å²) in [6.45, 7) is 1.92. The Morgan fingerprint density at radius 3 is 3.06 bits per heavy atom. The Bertz CT molecular complexity index is 456. The van der Waals surface area contributed by atoms with E-state index in [0.29, 0.717) is 17.8 Å². The summed E-state index contributed by atoms with van der Waals surface area (Å²) < 4.78 is 0. The molecule has 2 nitrogen and oxygen atoms in total. The first-order valence-corrected chi connectivity index (χ1v) is 5.82. The number of hydrogen-bond donors (Lipinski definition) is 0. The second-order valence-electron chi connectivity index (χ2n) is 4.29. The lowest BCUT2D eigenvalue weighted by atomic mass is 9.79. The lowest BCUT2D eigenvalue weighted by Crippen LogP contribution is -2.17. The van der Waals surface area contributed by atoms with Gasteiger partial charge in [0.15, 0.2) is 0 Å². The molecule has 2 heteroatoms. The molecule has 0 saturated carbocycles. The van der Waals surface area contributed by atoms with Crippen molar-refractivity contribution >= 4 is 5.78 Å². The summed E-state index contributed by atoms with van der Waals surface area (Å²) in [6.07, 6.45) is 3.62. The topological polar surface area (TPSA) is 40.9 Å². The maximum Gasteiger partial charge on any atom is 0.140 e. The van der Waals surface area contributed by atoms with E-state index in [4.69, 9.17) is 5.26 Å². The first-order valence-electron chi connectivity index (χ1n) is 5.82. The molecular formula is C14H15NO. The Kier molecular flexibility index (Phi) is 3.05. The third-order valence-corrected chi connectivity index (χ3v) is 3.32. The number of carbonyl (C=O) groups excluding carboxylic acids is 1. The van der Waals surface area contributed by atoms with Crippen molar-refractivity contribution in [1.82, 2.24) is 0 Å². The molecule has 1 atom stereocenters. The van der Waals surface area contributed by atoms with Crippen molar-refractivity contribution in [3.05, 3.63) is 34.9 Å². The van der Waals surface area contributed by atoms with Crippen LogP contribution in [-0.2, 0) is 11.2 Å². The summed E-state index contributed by atoms with van der Waals surface area (Å²) in [5.74, 6) is 0.396. The molecule has 0 fully saturated rings. The summed E-state index contributed by atoms with van der Waals surface area (Å²) in [4.78, 5) is 11.8. The van der Waals surface area contributed by atoms with Crippen LogP contribution in [0.15, 0.2) is 18.2 Å². The molecule has 1 unspecified atom stereocenters. The van der Waals surface area contributed by atoms with Crippen LogP contribution in [0.5, 0.6) is 0 Å². The average molecular weight is 213 g/mol. The van der Waals surface area contributed by atoms with Crippen LogP contribution in [-0.4, -0.2) is 5.78 Å². The summed E-state index contributed by atoms with van der Waals surface area (Å²) in [5.41, 5.74) is 3.04. The summed E-state index contributed by atoms with van der Waals surface area (Å²) in [6, 6.07) is 7.87. The quantitative estimate of drug-likeness (QED) is 0.757. The predicted molar refractivity (Wildman–Crippen MR) is 62.1 cm³/mol. The van der Waals surface area contributed by atoms with Gasteiger partial charge in [-0.3, -0.25) is 4.79 Å². The highest BCUT2D eigenvalue weighted by atomic mass is 16.1. The van der Waals surface area contributed by atoms with Crippen molar-refractivity contribution in [3.8, 4) is 6.07 Å². The van der Waals surface area contributed by atoms with Crippen LogP contribution in [0.3, 0.4) is 0 Å². The van der Waals surface area contributed by atoms with Gasteiger partial charge in [-0.1, -0.05) is 13.0 Å². The zero-order valence-corrected chi connectivity index (χ0v) is 9.49. The molecule has 0 heterocycles. The Labute approximate surface area is 95.9 Å². The molecule has 1 aliphatic carbocycles. The Morgan fingerprint density at radius 2 is 2.38 bits per heavy atom. The molecular weight excluding hydrogens is 198 g/mol. The number of nitrogens with zero attached hydrogens (tertiary/aromatic N) is 1. The zero-order valence-electron chi connectivity index (χ0n) is 9.49. The molecule has 0 spiro atoms. The van der Waals surface area contributed by atoms with E-state index in [1.54, 1.807) is 0 Å². The standard InChI is InChI=1S/C14H15NO/c1-2-14(16)13-5-3-4-11-8-10(9-15)6-7-12(11)13/h6-8,13H,2-5H2,1H3. The monoisotopic (exact) mass is 213 g/mol. The van der Waals surface area contributed by atoms with Gasteiger partial charge in [0.1, 0.15) is 5.78 Å². The summed E-state index contributed by atoms with van der Waals surface area (Å²) >= 11 is 0. The van der Waals surface area contributed by atoms with Crippen molar-refractivity contribution in [1.29, 1.82) is 5.26 Å². The maximum absolute atomic E-state index is 11.8. The number of ketones is 1. The van der Waals surface area contributed by atoms with Crippen molar-refractivity contribution in [2.45, 2.75) is 38.5 Å². The van der Waals surface area contributed by atoms with Gasteiger partial charge in [-0.2, -0.15) is 5.26 Å². The number of hydrogen-bond acceptors (Lipinski definition) is 2. The summed E-state index contributed by atoms with van der Waals surface area (Å²) in [5, 5.41) is 8.84. The molecule has 0 aromatic heterocycles. The van der Waals surface area contributed by atoms with E-state index in [2.05, 4.69) is 6.07 Å². The van der Waals surface area contributed by atoms with E-state index in [1.165, 1.54) is 5.56 Å². The highest BCUT2D eigenvalue weighted by Crippen LogP contribution is 2.33. The van der Waals surface area contributed by atoms with Crippen LogP contribution >= 0.6 is 0 Å². The average Bonchev–Trinajstić information content (AvgIpc) is 2.36. The van der Waals surface area contributed by atoms with Crippen LogP contribution < -0.4 is 0 Å². The van der Waals surface area contributed by atoms with Gasteiger partial charge in [0.05, 0.1) is 11.6 Å². The highest BCUT2D eigenvalue weighted by Gasteiger charge is 2.25. The minimum absolute atomic E-state index is 0.0708. The molecule has 1 aromatic rings. The number of Topliss-reactive ketones (excluding diaryl/α,β-unsaturated/α-hetero) is 1. The number of aryl methyl sites for hydroxylation is 1. The van der Waals surface area contributed by atoms with Crippen molar-refractivity contribution in [2.24, 2.45) is 0 Å². The third kappa shape index (κ3) is 1.86. The fourth-order valence-corrected chi connectivity index (χ4v) is 2.46. The Morgan fingerprint density at radius 1 is 1.56 bits per heavy atom.